The number of amides is 1. The van der Waals surface area contributed by atoms with Crippen LogP contribution >= 0.6 is 0 Å². The molecule has 0 saturated heterocycles. The normalized spacial score (nSPS) is 15.1. The minimum atomic E-state index is -0.303. The van der Waals surface area contributed by atoms with Crippen LogP contribution in [0.2, 0.25) is 0 Å². The van der Waals surface area contributed by atoms with Crippen molar-refractivity contribution in [1.82, 2.24) is 5.32 Å². The Bertz CT molecular complexity index is 125. The number of nitrogens with one attached hydrogen (secondary N) is 1. The second kappa shape index (κ2) is 5.89. The molecule has 0 bridgehead atoms. The second-order valence-electron chi connectivity index (χ2n) is 2.78. The van der Waals surface area contributed by atoms with E-state index in [0.717, 1.165) is 19.1 Å². The highest BCUT2D eigenvalue weighted by atomic mass is 16.1. The maximum Gasteiger partial charge on any atom is 0.207 e. The highest BCUT2D eigenvalue weighted by Gasteiger charge is 2.08. The molecule has 0 fully saturated rings. The second-order valence-corrected chi connectivity index (χ2v) is 2.78. The molecule has 0 radical (unpaired) electrons. The average molecular weight is 157 g/mol. The van der Waals surface area contributed by atoms with Crippen molar-refractivity contribution in [3.8, 4) is 0 Å². The Labute approximate surface area is 67.2 Å². The SMILES string of the molecule is CCC(C)CC(C=O)NC=O. The van der Waals surface area contributed by atoms with Crippen molar-refractivity contribution in [3.05, 3.63) is 0 Å². The Morgan fingerprint density at radius 3 is 2.45 bits per heavy atom. The number of hydrogen-bond acceptors (Lipinski definition) is 2. The summed E-state index contributed by atoms with van der Waals surface area (Å²) in [6.07, 6.45) is 3.12. The van der Waals surface area contributed by atoms with Gasteiger partial charge in [-0.25, -0.2) is 0 Å². The molecule has 0 aliphatic carbocycles. The van der Waals surface area contributed by atoms with Crippen LogP contribution in [0.4, 0.5) is 0 Å². The first-order valence-electron chi connectivity index (χ1n) is 3.89. The summed E-state index contributed by atoms with van der Waals surface area (Å²) in [6.45, 7) is 4.12. The van der Waals surface area contributed by atoms with Crippen molar-refractivity contribution in [2.75, 3.05) is 0 Å². The summed E-state index contributed by atoms with van der Waals surface area (Å²) in [7, 11) is 0. The fourth-order valence-corrected chi connectivity index (χ4v) is 0.850. The Morgan fingerprint density at radius 1 is 1.45 bits per heavy atom. The van der Waals surface area contributed by atoms with Crippen molar-refractivity contribution in [2.24, 2.45) is 5.92 Å². The Balaban J connectivity index is 3.66. The van der Waals surface area contributed by atoms with Gasteiger partial charge in [0, 0.05) is 0 Å². The lowest BCUT2D eigenvalue weighted by Gasteiger charge is -2.12. The van der Waals surface area contributed by atoms with Crippen molar-refractivity contribution < 1.29 is 9.59 Å². The molecule has 64 valence electrons. The lowest BCUT2D eigenvalue weighted by molar-refractivity contribution is -0.115. The smallest absolute Gasteiger partial charge is 0.207 e. The molecule has 0 rings (SSSR count). The van der Waals surface area contributed by atoms with Gasteiger partial charge in [0.15, 0.2) is 0 Å². The van der Waals surface area contributed by atoms with Gasteiger partial charge in [0.1, 0.15) is 6.29 Å². The molecule has 0 aliphatic heterocycles. The van der Waals surface area contributed by atoms with E-state index in [1.807, 2.05) is 0 Å². The molecule has 2 unspecified atom stereocenters. The molecule has 1 amide bonds. The van der Waals surface area contributed by atoms with E-state index >= 15 is 0 Å². The minimum Gasteiger partial charge on any atom is -0.349 e. The van der Waals surface area contributed by atoms with Crippen molar-refractivity contribution in [3.63, 3.8) is 0 Å². The third-order valence-electron chi connectivity index (χ3n) is 1.80. The Kier molecular flexibility index (Phi) is 5.43. The maximum absolute atomic E-state index is 10.3. The highest BCUT2D eigenvalue weighted by Crippen LogP contribution is 2.07. The van der Waals surface area contributed by atoms with Gasteiger partial charge in [-0.15, -0.1) is 0 Å². The van der Waals surface area contributed by atoms with E-state index in [9.17, 15) is 9.59 Å². The summed E-state index contributed by atoms with van der Waals surface area (Å²) in [5, 5.41) is 2.45. The largest absolute Gasteiger partial charge is 0.349 e. The van der Waals surface area contributed by atoms with E-state index in [1.165, 1.54) is 0 Å². The molecular weight excluding hydrogens is 142 g/mol. The summed E-state index contributed by atoms with van der Waals surface area (Å²) in [4.78, 5) is 20.3. The summed E-state index contributed by atoms with van der Waals surface area (Å²) in [5.41, 5.74) is 0. The molecule has 0 aliphatic rings. The monoisotopic (exact) mass is 157 g/mol. The average Bonchev–Trinajstić information content (AvgIpc) is 2.03. The van der Waals surface area contributed by atoms with Gasteiger partial charge in [0.05, 0.1) is 6.04 Å². The minimum absolute atomic E-state index is 0.303. The quantitative estimate of drug-likeness (QED) is 0.578. The van der Waals surface area contributed by atoms with Gasteiger partial charge >= 0.3 is 0 Å². The number of carbonyl (C=O) groups excluding carboxylic acids is 2. The predicted molar refractivity (Wildman–Crippen MR) is 43.1 cm³/mol. The van der Waals surface area contributed by atoms with Gasteiger partial charge in [-0.3, -0.25) is 4.79 Å². The van der Waals surface area contributed by atoms with Gasteiger partial charge in [-0.05, 0) is 12.3 Å². The third-order valence-corrected chi connectivity index (χ3v) is 1.80. The first kappa shape index (κ1) is 10.1. The summed E-state index contributed by atoms with van der Waals surface area (Å²) in [5.74, 6) is 0.484. The van der Waals surface area contributed by atoms with Crippen LogP contribution in [-0.2, 0) is 9.59 Å². The van der Waals surface area contributed by atoms with Crippen LogP contribution in [0.3, 0.4) is 0 Å². The molecule has 3 nitrogen and oxygen atoms in total. The fourth-order valence-electron chi connectivity index (χ4n) is 0.850. The zero-order valence-electron chi connectivity index (χ0n) is 7.04. The van der Waals surface area contributed by atoms with Crippen LogP contribution in [0.25, 0.3) is 0 Å². The van der Waals surface area contributed by atoms with Crippen LogP contribution in [0, 0.1) is 5.92 Å². The van der Waals surface area contributed by atoms with E-state index in [0.29, 0.717) is 12.3 Å². The van der Waals surface area contributed by atoms with E-state index in [4.69, 9.17) is 0 Å². The predicted octanol–water partition coefficient (Wildman–Crippen LogP) is 0.736. The molecule has 0 heterocycles. The molecule has 0 aromatic rings. The van der Waals surface area contributed by atoms with Crippen LogP contribution in [0.5, 0.6) is 0 Å². The Morgan fingerprint density at radius 2 is 2.09 bits per heavy atom. The molecule has 0 aromatic carbocycles. The zero-order chi connectivity index (χ0) is 8.69. The van der Waals surface area contributed by atoms with Crippen LogP contribution in [0.1, 0.15) is 26.7 Å². The maximum atomic E-state index is 10.3. The van der Waals surface area contributed by atoms with Gasteiger partial charge in [0.2, 0.25) is 6.41 Å². The molecule has 3 heteroatoms. The lowest BCUT2D eigenvalue weighted by atomic mass is 10.0. The number of rotatable bonds is 6. The lowest BCUT2D eigenvalue weighted by Crippen LogP contribution is -2.30. The molecular formula is C8H15NO2. The molecule has 0 aromatic heterocycles. The van der Waals surface area contributed by atoms with Crippen LogP contribution in [0.15, 0.2) is 0 Å². The topological polar surface area (TPSA) is 46.2 Å². The molecule has 2 atom stereocenters. The van der Waals surface area contributed by atoms with Crippen molar-refractivity contribution in [1.29, 1.82) is 0 Å². The van der Waals surface area contributed by atoms with E-state index < -0.39 is 0 Å². The summed E-state index contributed by atoms with van der Waals surface area (Å²) >= 11 is 0. The van der Waals surface area contributed by atoms with Gasteiger partial charge in [-0.2, -0.15) is 0 Å². The Hall–Kier alpha value is -0.860. The standard InChI is InChI=1S/C8H15NO2/c1-3-7(2)4-8(5-10)9-6-11/h5-8H,3-4H2,1-2H3,(H,9,11). The van der Waals surface area contributed by atoms with Gasteiger partial charge in [0.25, 0.3) is 0 Å². The van der Waals surface area contributed by atoms with Gasteiger partial charge < -0.3 is 10.1 Å². The highest BCUT2D eigenvalue weighted by molar-refractivity contribution is 5.63. The van der Waals surface area contributed by atoms with Crippen molar-refractivity contribution in [2.45, 2.75) is 32.7 Å². The fraction of sp³-hybridized carbons (Fsp3) is 0.750. The van der Waals surface area contributed by atoms with E-state index in [2.05, 4.69) is 19.2 Å². The van der Waals surface area contributed by atoms with E-state index in [1.54, 1.807) is 0 Å². The summed E-state index contributed by atoms with van der Waals surface area (Å²) in [6, 6.07) is -0.303. The molecule has 0 spiro atoms. The number of hydrogen-bond donors (Lipinski definition) is 1. The first-order valence-corrected chi connectivity index (χ1v) is 3.89. The van der Waals surface area contributed by atoms with Crippen LogP contribution in [-0.4, -0.2) is 18.7 Å². The van der Waals surface area contributed by atoms with Crippen LogP contribution < -0.4 is 5.32 Å². The first-order chi connectivity index (χ1) is 5.24. The molecule has 11 heavy (non-hydrogen) atoms. The van der Waals surface area contributed by atoms with Gasteiger partial charge in [-0.1, -0.05) is 20.3 Å². The zero-order valence-corrected chi connectivity index (χ0v) is 7.04. The molecule has 0 saturated carbocycles. The van der Waals surface area contributed by atoms with Crippen molar-refractivity contribution >= 4 is 12.7 Å². The number of carbonyl (C=O) groups is 2. The third kappa shape index (κ3) is 4.53. The molecule has 1 N–H and O–H groups in total. The van der Waals surface area contributed by atoms with E-state index in [-0.39, 0.29) is 6.04 Å². The summed E-state index contributed by atoms with van der Waals surface area (Å²) < 4.78 is 0. The number of aldehydes is 1.